The average molecular weight is 384 g/mol. The molecule has 2 aromatic rings. The fourth-order valence-electron chi connectivity index (χ4n) is 2.08. The molecule has 1 aromatic heterocycles. The SMILES string of the molecule is Cc1c([N+](=O)[O-])c(N=C=O)nn1-c1c(F)c(F)c(C(F)(F)F)c(F)c1F. The van der Waals surface area contributed by atoms with Gasteiger partial charge in [0.25, 0.3) is 5.82 Å². The van der Waals surface area contributed by atoms with Gasteiger partial charge in [-0.05, 0) is 6.92 Å². The highest BCUT2D eigenvalue weighted by Crippen LogP contribution is 2.39. The predicted molar refractivity (Wildman–Crippen MR) is 67.6 cm³/mol. The molecule has 0 N–H and O–H groups in total. The summed E-state index contributed by atoms with van der Waals surface area (Å²) in [5.41, 5.74) is -6.45. The molecule has 0 atom stereocenters. The number of alkyl halides is 3. The zero-order valence-electron chi connectivity index (χ0n) is 12.2. The summed E-state index contributed by atoms with van der Waals surface area (Å²) < 4.78 is 93.0. The fourth-order valence-corrected chi connectivity index (χ4v) is 2.08. The molecular formula is C12H3F7N4O3. The second kappa shape index (κ2) is 6.22. The van der Waals surface area contributed by atoms with E-state index in [1.165, 1.54) is 0 Å². The zero-order valence-corrected chi connectivity index (χ0v) is 12.2. The standard InChI is InChI=1S/C12H3F7N4O3/c1-3-9(23(25)26)11(20-2-24)21-22(3)10-7(15)5(13)4(12(17,18)19)6(14)8(10)16/h1H3. The van der Waals surface area contributed by atoms with Crippen LogP contribution in [0.4, 0.5) is 42.2 Å². The maximum Gasteiger partial charge on any atom is 0.422 e. The van der Waals surface area contributed by atoms with Gasteiger partial charge in [-0.25, -0.2) is 27.0 Å². The molecule has 0 radical (unpaired) electrons. The van der Waals surface area contributed by atoms with Crippen molar-refractivity contribution in [2.24, 2.45) is 4.99 Å². The highest BCUT2D eigenvalue weighted by atomic mass is 19.4. The van der Waals surface area contributed by atoms with Crippen LogP contribution in [0.5, 0.6) is 0 Å². The summed E-state index contributed by atoms with van der Waals surface area (Å²) in [6.07, 6.45) is -4.89. The Morgan fingerprint density at radius 1 is 1.12 bits per heavy atom. The molecule has 0 saturated carbocycles. The minimum absolute atomic E-state index is 0.0781. The summed E-state index contributed by atoms with van der Waals surface area (Å²) in [6, 6.07) is 0. The van der Waals surface area contributed by atoms with Crippen molar-refractivity contribution in [1.29, 1.82) is 0 Å². The molecule has 0 fully saturated rings. The van der Waals surface area contributed by atoms with Crippen LogP contribution in [0, 0.1) is 40.3 Å². The first-order valence-corrected chi connectivity index (χ1v) is 6.18. The Morgan fingerprint density at radius 2 is 1.62 bits per heavy atom. The van der Waals surface area contributed by atoms with Crippen molar-refractivity contribution < 1.29 is 40.5 Å². The molecule has 0 aliphatic carbocycles. The Hall–Kier alpha value is -3.28. The summed E-state index contributed by atoms with van der Waals surface area (Å²) in [6.45, 7) is 0.807. The number of hydrogen-bond donors (Lipinski definition) is 0. The summed E-state index contributed by atoms with van der Waals surface area (Å²) >= 11 is 0. The first kappa shape index (κ1) is 19.1. The van der Waals surface area contributed by atoms with Crippen LogP contribution in [-0.4, -0.2) is 20.8 Å². The smallest absolute Gasteiger partial charge is 0.258 e. The van der Waals surface area contributed by atoms with Crippen molar-refractivity contribution in [1.82, 2.24) is 9.78 Å². The largest absolute Gasteiger partial charge is 0.422 e. The first-order chi connectivity index (χ1) is 11.9. The molecule has 2 rings (SSSR count). The molecule has 1 heterocycles. The van der Waals surface area contributed by atoms with E-state index in [0.29, 0.717) is 0 Å². The average Bonchev–Trinajstić information content (AvgIpc) is 2.81. The van der Waals surface area contributed by atoms with Gasteiger partial charge in [0.2, 0.25) is 6.08 Å². The second-order valence-electron chi connectivity index (χ2n) is 4.61. The van der Waals surface area contributed by atoms with E-state index >= 15 is 0 Å². The minimum atomic E-state index is -5.76. The van der Waals surface area contributed by atoms with Crippen molar-refractivity contribution in [2.45, 2.75) is 13.1 Å². The number of benzene rings is 1. The molecule has 0 aliphatic heterocycles. The molecule has 7 nitrogen and oxygen atoms in total. The lowest BCUT2D eigenvalue weighted by Gasteiger charge is -2.14. The van der Waals surface area contributed by atoms with E-state index in [9.17, 15) is 45.6 Å². The molecule has 1 aromatic carbocycles. The van der Waals surface area contributed by atoms with Gasteiger partial charge in [0.15, 0.2) is 23.3 Å². The molecule has 14 heteroatoms. The lowest BCUT2D eigenvalue weighted by atomic mass is 10.1. The van der Waals surface area contributed by atoms with Crippen molar-refractivity contribution in [3.63, 3.8) is 0 Å². The van der Waals surface area contributed by atoms with Crippen LogP contribution in [0.15, 0.2) is 4.99 Å². The van der Waals surface area contributed by atoms with E-state index in [2.05, 4.69) is 10.1 Å². The highest BCUT2D eigenvalue weighted by Gasteiger charge is 2.43. The normalized spacial score (nSPS) is 11.4. The van der Waals surface area contributed by atoms with Gasteiger partial charge in [0.05, 0.1) is 4.92 Å². The van der Waals surface area contributed by atoms with E-state index < -0.39 is 62.8 Å². The van der Waals surface area contributed by atoms with Crippen molar-refractivity contribution in [3.05, 3.63) is 44.6 Å². The van der Waals surface area contributed by atoms with Crippen LogP contribution in [0.3, 0.4) is 0 Å². The van der Waals surface area contributed by atoms with E-state index in [1.54, 1.807) is 0 Å². The molecule has 0 amide bonds. The number of aliphatic imine (C=N–C) groups is 1. The second-order valence-corrected chi connectivity index (χ2v) is 4.61. The van der Waals surface area contributed by atoms with Gasteiger partial charge in [0.1, 0.15) is 16.9 Å². The van der Waals surface area contributed by atoms with Crippen LogP contribution in [0.1, 0.15) is 11.3 Å². The van der Waals surface area contributed by atoms with Crippen LogP contribution in [0.25, 0.3) is 5.69 Å². The third-order valence-electron chi connectivity index (χ3n) is 3.14. The minimum Gasteiger partial charge on any atom is -0.258 e. The lowest BCUT2D eigenvalue weighted by molar-refractivity contribution is -0.384. The van der Waals surface area contributed by atoms with Crippen LogP contribution >= 0.6 is 0 Å². The summed E-state index contributed by atoms with van der Waals surface area (Å²) in [7, 11) is 0. The number of nitrogens with zero attached hydrogens (tertiary/aromatic N) is 4. The molecule has 138 valence electrons. The van der Waals surface area contributed by atoms with Crippen molar-refractivity contribution >= 4 is 17.6 Å². The fraction of sp³-hybridized carbons (Fsp3) is 0.167. The van der Waals surface area contributed by atoms with Crippen LogP contribution in [-0.2, 0) is 11.0 Å². The Bertz CT molecular complexity index is 947. The number of isocyanates is 1. The lowest BCUT2D eigenvalue weighted by Crippen LogP contribution is -2.18. The maximum atomic E-state index is 14.0. The van der Waals surface area contributed by atoms with Crippen molar-refractivity contribution in [2.75, 3.05) is 0 Å². The first-order valence-electron chi connectivity index (χ1n) is 6.18. The quantitative estimate of drug-likeness (QED) is 0.202. The van der Waals surface area contributed by atoms with Gasteiger partial charge >= 0.3 is 11.9 Å². The highest BCUT2D eigenvalue weighted by molar-refractivity contribution is 5.61. The number of aromatic nitrogens is 2. The van der Waals surface area contributed by atoms with Gasteiger partial charge < -0.3 is 0 Å². The van der Waals surface area contributed by atoms with Gasteiger partial charge in [-0.3, -0.25) is 10.1 Å². The number of halogens is 7. The third kappa shape index (κ3) is 2.79. The Morgan fingerprint density at radius 3 is 2.00 bits per heavy atom. The molecule has 0 bridgehead atoms. The number of hydrogen-bond acceptors (Lipinski definition) is 5. The number of carbonyl (C=O) groups excluding carboxylic acids is 1. The monoisotopic (exact) mass is 384 g/mol. The van der Waals surface area contributed by atoms with Gasteiger partial charge in [-0.15, -0.1) is 10.1 Å². The maximum absolute atomic E-state index is 14.0. The Labute approximate surface area is 137 Å². The molecular weight excluding hydrogens is 381 g/mol. The summed E-state index contributed by atoms with van der Waals surface area (Å²) in [5, 5.41) is 14.1. The molecule has 26 heavy (non-hydrogen) atoms. The van der Waals surface area contributed by atoms with E-state index in [0.717, 1.165) is 13.0 Å². The third-order valence-corrected chi connectivity index (χ3v) is 3.14. The summed E-state index contributed by atoms with van der Waals surface area (Å²) in [4.78, 5) is 22.8. The molecule has 0 unspecified atom stereocenters. The van der Waals surface area contributed by atoms with E-state index in [1.807, 2.05) is 0 Å². The Balaban J connectivity index is 2.94. The molecule has 0 spiro atoms. The predicted octanol–water partition coefficient (Wildman–Crippen LogP) is 3.63. The zero-order chi connectivity index (χ0) is 20.0. The van der Waals surface area contributed by atoms with Gasteiger partial charge in [-0.1, -0.05) is 0 Å². The topological polar surface area (TPSA) is 90.4 Å². The van der Waals surface area contributed by atoms with Crippen molar-refractivity contribution in [3.8, 4) is 5.69 Å². The van der Waals surface area contributed by atoms with Gasteiger partial charge in [0, 0.05) is 0 Å². The van der Waals surface area contributed by atoms with Crippen LogP contribution in [0.2, 0.25) is 0 Å². The van der Waals surface area contributed by atoms with Gasteiger partial charge in [-0.2, -0.15) is 13.2 Å². The Kier molecular flexibility index (Phi) is 4.56. The molecule has 0 saturated heterocycles. The summed E-state index contributed by atoms with van der Waals surface area (Å²) in [5.74, 6) is -11.6. The van der Waals surface area contributed by atoms with E-state index in [4.69, 9.17) is 0 Å². The molecule has 0 aliphatic rings. The number of nitro groups is 1. The van der Waals surface area contributed by atoms with Crippen LogP contribution < -0.4 is 0 Å². The van der Waals surface area contributed by atoms with E-state index in [-0.39, 0.29) is 4.68 Å². The number of rotatable bonds is 3.